The van der Waals surface area contributed by atoms with Gasteiger partial charge in [-0.2, -0.15) is 0 Å². The van der Waals surface area contributed by atoms with Gasteiger partial charge in [-0.15, -0.1) is 0 Å². The molecule has 2 aromatic carbocycles. The molecule has 25 heavy (non-hydrogen) atoms. The van der Waals surface area contributed by atoms with Crippen molar-refractivity contribution in [2.75, 3.05) is 13.7 Å². The second-order valence-corrected chi connectivity index (χ2v) is 5.74. The molecule has 6 nitrogen and oxygen atoms in total. The molecule has 130 valence electrons. The molecular weight excluding hydrogens is 322 g/mol. The molecule has 1 atom stereocenters. The standard InChI is InChI=1S/C19H19NO5/c1-24-16-8-7-14(18(22)20-10-9-15(21)19(20)23)11-17(16)25-12-13-5-3-2-4-6-13/h2-8,11,15,21H,9-10,12H2,1H3/t15-/m0/s1. The number of nitrogens with zero attached hydrogens (tertiary/aromatic N) is 1. The number of imide groups is 1. The van der Waals surface area contributed by atoms with Crippen LogP contribution in [0.15, 0.2) is 48.5 Å². The number of methoxy groups -OCH3 is 1. The van der Waals surface area contributed by atoms with E-state index in [1.54, 1.807) is 18.2 Å². The molecule has 0 unspecified atom stereocenters. The normalized spacial score (nSPS) is 16.8. The minimum atomic E-state index is -1.10. The highest BCUT2D eigenvalue weighted by atomic mass is 16.5. The van der Waals surface area contributed by atoms with Gasteiger partial charge in [-0.3, -0.25) is 14.5 Å². The molecule has 3 rings (SSSR count). The fourth-order valence-electron chi connectivity index (χ4n) is 2.68. The van der Waals surface area contributed by atoms with E-state index in [0.717, 1.165) is 10.5 Å². The van der Waals surface area contributed by atoms with Gasteiger partial charge in [0.1, 0.15) is 12.7 Å². The number of rotatable bonds is 5. The minimum absolute atomic E-state index is 0.213. The Morgan fingerprint density at radius 2 is 1.96 bits per heavy atom. The average Bonchev–Trinajstić information content (AvgIpc) is 2.99. The van der Waals surface area contributed by atoms with Crippen LogP contribution in [0.4, 0.5) is 0 Å². The summed E-state index contributed by atoms with van der Waals surface area (Å²) in [4.78, 5) is 25.4. The van der Waals surface area contributed by atoms with Crippen molar-refractivity contribution in [1.29, 1.82) is 0 Å². The van der Waals surface area contributed by atoms with Crippen molar-refractivity contribution in [1.82, 2.24) is 4.90 Å². The lowest BCUT2D eigenvalue weighted by molar-refractivity contribution is -0.132. The van der Waals surface area contributed by atoms with E-state index in [0.29, 0.717) is 23.7 Å². The fourth-order valence-corrected chi connectivity index (χ4v) is 2.68. The maximum atomic E-state index is 12.5. The maximum Gasteiger partial charge on any atom is 0.260 e. The van der Waals surface area contributed by atoms with Crippen LogP contribution in [0.5, 0.6) is 11.5 Å². The van der Waals surface area contributed by atoms with Gasteiger partial charge in [-0.05, 0) is 23.8 Å². The summed E-state index contributed by atoms with van der Waals surface area (Å²) in [6.07, 6.45) is -0.839. The van der Waals surface area contributed by atoms with Gasteiger partial charge in [0, 0.05) is 18.5 Å². The Morgan fingerprint density at radius 1 is 1.20 bits per heavy atom. The molecule has 1 aliphatic rings. The lowest BCUT2D eigenvalue weighted by Gasteiger charge is -2.16. The number of likely N-dealkylation sites (tertiary alicyclic amines) is 1. The first-order valence-corrected chi connectivity index (χ1v) is 7.98. The number of carbonyl (C=O) groups is 2. The number of aliphatic hydroxyl groups is 1. The third-order valence-corrected chi connectivity index (χ3v) is 4.07. The van der Waals surface area contributed by atoms with Gasteiger partial charge in [-0.25, -0.2) is 0 Å². The van der Waals surface area contributed by atoms with Crippen LogP contribution >= 0.6 is 0 Å². The molecule has 0 bridgehead atoms. The van der Waals surface area contributed by atoms with E-state index >= 15 is 0 Å². The molecule has 0 aromatic heterocycles. The van der Waals surface area contributed by atoms with Crippen molar-refractivity contribution in [3.8, 4) is 11.5 Å². The first kappa shape index (κ1) is 17.0. The summed E-state index contributed by atoms with van der Waals surface area (Å²) in [6, 6.07) is 14.4. The van der Waals surface area contributed by atoms with Crippen LogP contribution in [0.3, 0.4) is 0 Å². The zero-order valence-electron chi connectivity index (χ0n) is 13.8. The second-order valence-electron chi connectivity index (χ2n) is 5.74. The van der Waals surface area contributed by atoms with Gasteiger partial charge in [0.25, 0.3) is 11.8 Å². The summed E-state index contributed by atoms with van der Waals surface area (Å²) in [5, 5.41) is 9.52. The maximum absolute atomic E-state index is 12.5. The van der Waals surface area contributed by atoms with Crippen LogP contribution in [-0.4, -0.2) is 41.6 Å². The summed E-state index contributed by atoms with van der Waals surface area (Å²) < 4.78 is 11.1. The Morgan fingerprint density at radius 3 is 2.60 bits per heavy atom. The predicted molar refractivity (Wildman–Crippen MR) is 90.4 cm³/mol. The van der Waals surface area contributed by atoms with Gasteiger partial charge in [-0.1, -0.05) is 30.3 Å². The van der Waals surface area contributed by atoms with Gasteiger partial charge in [0.15, 0.2) is 11.5 Å². The third-order valence-electron chi connectivity index (χ3n) is 4.07. The zero-order chi connectivity index (χ0) is 17.8. The first-order valence-electron chi connectivity index (χ1n) is 7.98. The summed E-state index contributed by atoms with van der Waals surface area (Å²) in [5.74, 6) is -0.0917. The Bertz CT molecular complexity index is 775. The summed E-state index contributed by atoms with van der Waals surface area (Å²) in [6.45, 7) is 0.543. The molecule has 0 radical (unpaired) electrons. The van der Waals surface area contributed by atoms with E-state index in [2.05, 4.69) is 0 Å². The van der Waals surface area contributed by atoms with Crippen molar-refractivity contribution in [3.63, 3.8) is 0 Å². The molecule has 1 saturated heterocycles. The van der Waals surface area contributed by atoms with Crippen molar-refractivity contribution in [3.05, 3.63) is 59.7 Å². The van der Waals surface area contributed by atoms with Crippen molar-refractivity contribution < 1.29 is 24.2 Å². The van der Waals surface area contributed by atoms with Gasteiger partial charge in [0.2, 0.25) is 0 Å². The third kappa shape index (κ3) is 3.64. The monoisotopic (exact) mass is 341 g/mol. The highest BCUT2D eigenvalue weighted by molar-refractivity contribution is 6.07. The second kappa shape index (κ2) is 7.36. The SMILES string of the molecule is COc1ccc(C(=O)N2CC[C@H](O)C2=O)cc1OCc1ccccc1. The van der Waals surface area contributed by atoms with Crippen LogP contribution < -0.4 is 9.47 Å². The number of carbonyl (C=O) groups excluding carboxylic acids is 2. The van der Waals surface area contributed by atoms with E-state index in [1.807, 2.05) is 30.3 Å². The van der Waals surface area contributed by atoms with E-state index in [4.69, 9.17) is 9.47 Å². The highest BCUT2D eigenvalue weighted by Crippen LogP contribution is 2.30. The smallest absolute Gasteiger partial charge is 0.260 e. The largest absolute Gasteiger partial charge is 0.493 e. The number of aliphatic hydroxyl groups excluding tert-OH is 1. The molecule has 1 aliphatic heterocycles. The van der Waals surface area contributed by atoms with Gasteiger partial charge >= 0.3 is 0 Å². The molecule has 1 fully saturated rings. The molecule has 0 spiro atoms. The number of ether oxygens (including phenoxy) is 2. The van der Waals surface area contributed by atoms with E-state index in [-0.39, 0.29) is 13.0 Å². The van der Waals surface area contributed by atoms with Crippen LogP contribution in [0, 0.1) is 0 Å². The molecular formula is C19H19NO5. The van der Waals surface area contributed by atoms with E-state index < -0.39 is 17.9 Å². The number of hydrogen-bond donors (Lipinski definition) is 1. The van der Waals surface area contributed by atoms with Crippen molar-refractivity contribution >= 4 is 11.8 Å². The minimum Gasteiger partial charge on any atom is -0.493 e. The van der Waals surface area contributed by atoms with Gasteiger partial charge in [0.05, 0.1) is 7.11 Å². The first-order chi connectivity index (χ1) is 12.1. The number of amides is 2. The summed E-state index contributed by atoms with van der Waals surface area (Å²) in [7, 11) is 1.52. The Kier molecular flexibility index (Phi) is 5.00. The Hall–Kier alpha value is -2.86. The fraction of sp³-hybridized carbons (Fsp3) is 0.263. The molecule has 1 N–H and O–H groups in total. The van der Waals surface area contributed by atoms with Crippen molar-refractivity contribution in [2.45, 2.75) is 19.1 Å². The van der Waals surface area contributed by atoms with E-state index in [1.165, 1.54) is 7.11 Å². The highest BCUT2D eigenvalue weighted by Gasteiger charge is 2.34. The topological polar surface area (TPSA) is 76.1 Å². The lowest BCUT2D eigenvalue weighted by Crippen LogP contribution is -2.35. The number of hydrogen-bond acceptors (Lipinski definition) is 5. The van der Waals surface area contributed by atoms with E-state index in [9.17, 15) is 14.7 Å². The zero-order valence-corrected chi connectivity index (χ0v) is 13.8. The lowest BCUT2D eigenvalue weighted by atomic mass is 10.1. The number of benzene rings is 2. The predicted octanol–water partition coefficient (Wildman–Crippen LogP) is 2.01. The summed E-state index contributed by atoms with van der Waals surface area (Å²) in [5.41, 5.74) is 1.30. The molecule has 0 aliphatic carbocycles. The van der Waals surface area contributed by atoms with Crippen LogP contribution in [0.1, 0.15) is 22.3 Å². The quantitative estimate of drug-likeness (QED) is 0.842. The molecule has 2 amide bonds. The Balaban J connectivity index is 1.80. The van der Waals surface area contributed by atoms with Crippen LogP contribution in [0.2, 0.25) is 0 Å². The van der Waals surface area contributed by atoms with Crippen LogP contribution in [-0.2, 0) is 11.4 Å². The molecule has 1 heterocycles. The average molecular weight is 341 g/mol. The molecule has 6 heteroatoms. The Labute approximate surface area is 145 Å². The molecule has 0 saturated carbocycles. The van der Waals surface area contributed by atoms with Crippen molar-refractivity contribution in [2.24, 2.45) is 0 Å². The van der Waals surface area contributed by atoms with Gasteiger partial charge < -0.3 is 14.6 Å². The molecule has 2 aromatic rings. The van der Waals surface area contributed by atoms with Crippen LogP contribution in [0.25, 0.3) is 0 Å². The summed E-state index contributed by atoms with van der Waals surface area (Å²) >= 11 is 0.